The highest BCUT2D eigenvalue weighted by molar-refractivity contribution is 5.82. The SMILES string of the molecule is COc1ccc2c(c1)CCCC2(C(=O)O)N1CCOCC1. The lowest BCUT2D eigenvalue weighted by Gasteiger charge is -2.45. The maximum atomic E-state index is 12.2. The number of benzene rings is 1. The van der Waals surface area contributed by atoms with E-state index in [-0.39, 0.29) is 0 Å². The molecule has 1 aromatic rings. The Labute approximate surface area is 124 Å². The predicted octanol–water partition coefficient (Wildman–Crippen LogP) is 1.64. The van der Waals surface area contributed by atoms with Crippen LogP contribution in [0.25, 0.3) is 0 Å². The lowest BCUT2D eigenvalue weighted by Crippen LogP contribution is -2.57. The molecule has 0 bridgehead atoms. The molecule has 0 radical (unpaired) electrons. The van der Waals surface area contributed by atoms with Gasteiger partial charge in [-0.25, -0.2) is 4.79 Å². The van der Waals surface area contributed by atoms with E-state index in [0.29, 0.717) is 32.7 Å². The van der Waals surface area contributed by atoms with Gasteiger partial charge in [-0.3, -0.25) is 4.90 Å². The van der Waals surface area contributed by atoms with Crippen molar-refractivity contribution in [1.82, 2.24) is 4.90 Å². The number of morpholine rings is 1. The second-order valence-electron chi connectivity index (χ2n) is 5.64. The van der Waals surface area contributed by atoms with E-state index < -0.39 is 11.5 Å². The molecule has 0 aromatic heterocycles. The van der Waals surface area contributed by atoms with Crippen molar-refractivity contribution in [2.24, 2.45) is 0 Å². The maximum Gasteiger partial charge on any atom is 0.328 e. The molecule has 2 aliphatic rings. The highest BCUT2D eigenvalue weighted by atomic mass is 16.5. The van der Waals surface area contributed by atoms with Gasteiger partial charge in [0.2, 0.25) is 0 Å². The number of fused-ring (bicyclic) bond motifs is 1. The quantitative estimate of drug-likeness (QED) is 0.917. The van der Waals surface area contributed by atoms with Gasteiger partial charge in [0, 0.05) is 13.1 Å². The fourth-order valence-electron chi connectivity index (χ4n) is 3.61. The van der Waals surface area contributed by atoms with Crippen LogP contribution >= 0.6 is 0 Å². The number of aliphatic carboxylic acids is 1. The van der Waals surface area contributed by atoms with Gasteiger partial charge in [0.1, 0.15) is 11.3 Å². The number of carboxylic acids is 1. The molecule has 114 valence electrons. The normalized spacial score (nSPS) is 26.1. The van der Waals surface area contributed by atoms with Crippen molar-refractivity contribution < 1.29 is 19.4 Å². The van der Waals surface area contributed by atoms with Crippen LogP contribution in [-0.2, 0) is 21.5 Å². The zero-order valence-corrected chi connectivity index (χ0v) is 12.3. The molecule has 1 saturated heterocycles. The number of ether oxygens (including phenoxy) is 2. The van der Waals surface area contributed by atoms with E-state index in [1.807, 2.05) is 18.2 Å². The molecule has 0 saturated carbocycles. The fourth-order valence-corrected chi connectivity index (χ4v) is 3.61. The Bertz CT molecular complexity index is 539. The van der Waals surface area contributed by atoms with Gasteiger partial charge in [-0.05, 0) is 42.5 Å². The minimum atomic E-state index is -0.913. The molecule has 1 aliphatic carbocycles. The molecular weight excluding hydrogens is 270 g/mol. The van der Waals surface area contributed by atoms with Gasteiger partial charge in [-0.2, -0.15) is 0 Å². The van der Waals surface area contributed by atoms with Crippen molar-refractivity contribution >= 4 is 5.97 Å². The number of methoxy groups -OCH3 is 1. The zero-order valence-electron chi connectivity index (χ0n) is 12.3. The van der Waals surface area contributed by atoms with Crippen LogP contribution in [0.2, 0.25) is 0 Å². The Hall–Kier alpha value is -1.59. The monoisotopic (exact) mass is 291 g/mol. The van der Waals surface area contributed by atoms with Crippen LogP contribution in [0.4, 0.5) is 0 Å². The third-order valence-corrected chi connectivity index (χ3v) is 4.65. The average Bonchev–Trinajstić information content (AvgIpc) is 2.54. The second-order valence-corrected chi connectivity index (χ2v) is 5.64. The summed E-state index contributed by atoms with van der Waals surface area (Å²) in [6.07, 6.45) is 2.44. The minimum Gasteiger partial charge on any atom is -0.497 e. The number of aryl methyl sites for hydroxylation is 1. The Morgan fingerprint density at radius 2 is 2.14 bits per heavy atom. The summed E-state index contributed by atoms with van der Waals surface area (Å²) in [4.78, 5) is 14.3. The molecule has 0 amide bonds. The summed E-state index contributed by atoms with van der Waals surface area (Å²) < 4.78 is 10.7. The molecule has 5 nitrogen and oxygen atoms in total. The van der Waals surface area contributed by atoms with Gasteiger partial charge in [0.15, 0.2) is 0 Å². The van der Waals surface area contributed by atoms with Gasteiger partial charge >= 0.3 is 5.97 Å². The van der Waals surface area contributed by atoms with Crippen molar-refractivity contribution in [3.8, 4) is 5.75 Å². The van der Waals surface area contributed by atoms with Crippen LogP contribution < -0.4 is 4.74 Å². The summed E-state index contributed by atoms with van der Waals surface area (Å²) in [5.41, 5.74) is 1.10. The molecule has 1 N–H and O–H groups in total. The van der Waals surface area contributed by atoms with Crippen molar-refractivity contribution in [3.05, 3.63) is 29.3 Å². The van der Waals surface area contributed by atoms with Crippen LogP contribution in [0, 0.1) is 0 Å². The van der Waals surface area contributed by atoms with Crippen LogP contribution in [0.1, 0.15) is 24.0 Å². The molecule has 5 heteroatoms. The molecule has 0 spiro atoms. The van der Waals surface area contributed by atoms with Gasteiger partial charge in [-0.1, -0.05) is 6.07 Å². The number of carboxylic acid groups (broad SMARTS) is 1. The van der Waals surface area contributed by atoms with E-state index in [1.54, 1.807) is 7.11 Å². The van der Waals surface area contributed by atoms with E-state index in [1.165, 1.54) is 0 Å². The van der Waals surface area contributed by atoms with Gasteiger partial charge in [-0.15, -0.1) is 0 Å². The third kappa shape index (κ3) is 2.30. The molecular formula is C16H21NO4. The van der Waals surface area contributed by atoms with Crippen LogP contribution in [0.15, 0.2) is 18.2 Å². The molecule has 1 fully saturated rings. The first kappa shape index (κ1) is 14.4. The first-order valence-corrected chi connectivity index (χ1v) is 7.42. The van der Waals surface area contributed by atoms with Crippen molar-refractivity contribution in [2.45, 2.75) is 24.8 Å². The molecule has 3 rings (SSSR count). The van der Waals surface area contributed by atoms with E-state index in [4.69, 9.17) is 9.47 Å². The summed E-state index contributed by atoms with van der Waals surface area (Å²) in [6.45, 7) is 2.52. The molecule has 1 aromatic carbocycles. The van der Waals surface area contributed by atoms with Crippen LogP contribution in [0.3, 0.4) is 0 Å². The summed E-state index contributed by atoms with van der Waals surface area (Å²) in [6, 6.07) is 5.77. The zero-order chi connectivity index (χ0) is 14.9. The topological polar surface area (TPSA) is 59.0 Å². The molecule has 1 atom stereocenters. The van der Waals surface area contributed by atoms with E-state index in [0.717, 1.165) is 29.7 Å². The van der Waals surface area contributed by atoms with Crippen molar-refractivity contribution in [1.29, 1.82) is 0 Å². The van der Waals surface area contributed by atoms with Crippen molar-refractivity contribution in [2.75, 3.05) is 33.4 Å². The number of rotatable bonds is 3. The molecule has 21 heavy (non-hydrogen) atoms. The number of nitrogens with zero attached hydrogens (tertiary/aromatic N) is 1. The molecule has 1 unspecified atom stereocenters. The lowest BCUT2D eigenvalue weighted by atomic mass is 9.75. The first-order chi connectivity index (χ1) is 10.2. The molecule has 1 heterocycles. The number of carbonyl (C=O) groups is 1. The highest BCUT2D eigenvalue weighted by Gasteiger charge is 2.48. The lowest BCUT2D eigenvalue weighted by molar-refractivity contribution is -0.157. The summed E-state index contributed by atoms with van der Waals surface area (Å²) in [5, 5.41) is 10.0. The fraction of sp³-hybridized carbons (Fsp3) is 0.562. The second kappa shape index (κ2) is 5.66. The molecule has 1 aliphatic heterocycles. The van der Waals surface area contributed by atoms with Gasteiger partial charge in [0.05, 0.1) is 20.3 Å². The first-order valence-electron chi connectivity index (χ1n) is 7.42. The van der Waals surface area contributed by atoms with Gasteiger partial charge < -0.3 is 14.6 Å². The average molecular weight is 291 g/mol. The minimum absolute atomic E-state index is 0.598. The van der Waals surface area contributed by atoms with E-state index in [2.05, 4.69) is 4.90 Å². The summed E-state index contributed by atoms with van der Waals surface area (Å²) in [5.74, 6) is 0.0347. The standard InChI is InChI=1S/C16H21NO4/c1-20-13-4-5-14-12(11-13)3-2-6-16(14,15(18)19)17-7-9-21-10-8-17/h4-5,11H,2-3,6-10H2,1H3,(H,18,19). The van der Waals surface area contributed by atoms with E-state index >= 15 is 0 Å². The number of hydrogen-bond acceptors (Lipinski definition) is 4. The van der Waals surface area contributed by atoms with Crippen LogP contribution in [-0.4, -0.2) is 49.4 Å². The predicted molar refractivity (Wildman–Crippen MR) is 77.6 cm³/mol. The Kier molecular flexibility index (Phi) is 3.87. The van der Waals surface area contributed by atoms with Gasteiger partial charge in [0.25, 0.3) is 0 Å². The van der Waals surface area contributed by atoms with Crippen LogP contribution in [0.5, 0.6) is 5.75 Å². The Morgan fingerprint density at radius 1 is 1.38 bits per heavy atom. The Morgan fingerprint density at radius 3 is 2.81 bits per heavy atom. The summed E-state index contributed by atoms with van der Waals surface area (Å²) >= 11 is 0. The number of hydrogen-bond donors (Lipinski definition) is 1. The largest absolute Gasteiger partial charge is 0.497 e. The highest BCUT2D eigenvalue weighted by Crippen LogP contribution is 2.42. The smallest absolute Gasteiger partial charge is 0.328 e. The third-order valence-electron chi connectivity index (χ3n) is 4.65. The Balaban J connectivity index is 2.08. The van der Waals surface area contributed by atoms with Crippen molar-refractivity contribution in [3.63, 3.8) is 0 Å². The maximum absolute atomic E-state index is 12.2. The van der Waals surface area contributed by atoms with E-state index in [9.17, 15) is 9.90 Å². The summed E-state index contributed by atoms with van der Waals surface area (Å²) in [7, 11) is 1.64.